The summed E-state index contributed by atoms with van der Waals surface area (Å²) >= 11 is 10.0. The highest BCUT2D eigenvalue weighted by Crippen LogP contribution is 2.49. The molecule has 0 unspecified atom stereocenters. The zero-order chi connectivity index (χ0) is 64.0. The highest BCUT2D eigenvalue weighted by molar-refractivity contribution is 9.09. The quantitative estimate of drug-likeness (QED) is 0.0143. The standard InChI is InChI=1S/C62H84BrClN6O16/c1-34(2)44(30-43(71)18-13-12-14-24-83-57(77)37(5)33-63)55(75)67-45(19-16-23-66-59(65)79)48(73)28-41-21-22-42(29-47(41)72)56(76)69(9)39(7)58(78)85-51-31-52(74)70(10)46-27-40(26-36(4)53(46)64)25-35(3)17-15-20-50(82-11)62(81)32-49(84-60(80)68-62)38(6)54-61(51,8)86-54/h15,17,20-22,26-27,29,34,38-39,44-45,49-51,54,72,81H,5,12-14,16,18-19,23-25,28,30-33H2,1-4,6-11H3,(H,67,75)(H,68,80)(H3,65,66,79)/b20-15+,35-17+/t38-,39+,44+,45+,49+,50-,51+,54+,61+,62+/m1/s1. The SMILES string of the molecule is C=C(CBr)C(=O)OCCCCCC(=O)C[C@H](C(=O)N[C@@H](CCCNC(N)=O)C(=O)Cc1ccc(C(=O)N(C)[C@@H](C)C(=O)O[C@H]2CC(=O)N(C)c3cc(cc(C)c3Cl)C/C(C)=C/C=C/[C@@H](OC)[C@@]3(O)C[C@H](OC(=O)N3)[C@@H](C)[C@@H]3O[C@@]23C)cc1O)C(C)C. The number of amides is 6. The number of urea groups is 1. The molecule has 0 spiro atoms. The first-order valence-corrected chi connectivity index (χ1v) is 30.3. The van der Waals surface area contributed by atoms with Crippen LogP contribution in [-0.2, 0) is 65.3 Å². The number of ketones is 2. The summed E-state index contributed by atoms with van der Waals surface area (Å²) in [6, 6.07) is 4.40. The molecular weight excluding hydrogens is 1200 g/mol. The lowest BCUT2D eigenvalue weighted by Crippen LogP contribution is -2.63. The second kappa shape index (κ2) is 31.3. The van der Waals surface area contributed by atoms with Crippen molar-refractivity contribution in [3.05, 3.63) is 93.6 Å². The molecule has 4 bridgehead atoms. The highest BCUT2D eigenvalue weighted by atomic mass is 79.9. The van der Waals surface area contributed by atoms with Crippen molar-refractivity contribution in [2.45, 2.75) is 167 Å². The van der Waals surface area contributed by atoms with Gasteiger partial charge in [-0.05, 0) is 101 Å². The second-order valence-electron chi connectivity index (χ2n) is 23.2. The third kappa shape index (κ3) is 18.7. The predicted molar refractivity (Wildman–Crippen MR) is 324 cm³/mol. The Morgan fingerprint density at radius 3 is 2.42 bits per heavy atom. The fraction of sp³-hybridized carbons (Fsp3) is 0.565. The summed E-state index contributed by atoms with van der Waals surface area (Å²) in [5.74, 6) is -5.98. The van der Waals surface area contributed by atoms with Crippen molar-refractivity contribution < 1.29 is 77.0 Å². The number of nitrogens with zero attached hydrogens (tertiary/aromatic N) is 2. The number of hydrogen-bond acceptors (Lipinski definition) is 16. The Kier molecular flexibility index (Phi) is 25.5. The van der Waals surface area contributed by atoms with Gasteiger partial charge in [-0.2, -0.15) is 0 Å². The third-order valence-corrected chi connectivity index (χ3v) is 17.4. The number of epoxide rings is 1. The topological polar surface area (TPSA) is 312 Å². The summed E-state index contributed by atoms with van der Waals surface area (Å²) in [6.45, 7) is 16.0. The van der Waals surface area contributed by atoms with Gasteiger partial charge in [-0.3, -0.25) is 29.3 Å². The molecule has 5 rings (SSSR count). The maximum Gasteiger partial charge on any atom is 0.409 e. The van der Waals surface area contributed by atoms with Gasteiger partial charge in [0.2, 0.25) is 11.8 Å². The zero-order valence-corrected chi connectivity index (χ0v) is 53.1. The van der Waals surface area contributed by atoms with E-state index in [9.17, 15) is 53.4 Å². The van der Waals surface area contributed by atoms with Gasteiger partial charge in [0.25, 0.3) is 5.91 Å². The number of aromatic hydroxyl groups is 1. The summed E-state index contributed by atoms with van der Waals surface area (Å²) in [7, 11) is 4.31. The molecule has 2 aromatic rings. The molecule has 3 aliphatic heterocycles. The minimum Gasteiger partial charge on any atom is -0.508 e. The first kappa shape index (κ1) is 70.1. The molecule has 2 fully saturated rings. The number of phenolic OH excluding ortho intramolecular Hbond substituents is 1. The van der Waals surface area contributed by atoms with Crippen LogP contribution < -0.4 is 26.6 Å². The number of nitrogens with two attached hydrogens (primary N) is 1. The summed E-state index contributed by atoms with van der Waals surface area (Å²) in [5.41, 5.74) is 5.20. The predicted octanol–water partition coefficient (Wildman–Crippen LogP) is 7.16. The van der Waals surface area contributed by atoms with E-state index in [0.717, 1.165) is 22.1 Å². The Balaban J connectivity index is 1.31. The molecule has 0 aliphatic carbocycles. The lowest BCUT2D eigenvalue weighted by atomic mass is 9.83. The Bertz CT molecular complexity index is 2940. The average Bonchev–Trinajstić information content (AvgIpc) is 2.14. The zero-order valence-electron chi connectivity index (χ0n) is 50.8. The number of benzene rings is 2. The van der Waals surface area contributed by atoms with Crippen LogP contribution in [0.15, 0.2) is 66.3 Å². The number of carbonyl (C=O) groups excluding carboxylic acids is 9. The van der Waals surface area contributed by atoms with Gasteiger partial charge in [0.05, 0.1) is 35.9 Å². The fourth-order valence-electron chi connectivity index (χ4n) is 10.6. The molecule has 22 nitrogen and oxygen atoms in total. The molecule has 2 saturated heterocycles. The molecule has 2 aromatic carbocycles. The number of hydrogen-bond donors (Lipinski definition) is 6. The van der Waals surface area contributed by atoms with Crippen molar-refractivity contribution in [3.8, 4) is 5.75 Å². The number of alkyl carbamates (subject to hydrolysis) is 1. The Morgan fingerprint density at radius 2 is 1.77 bits per heavy atom. The fourth-order valence-corrected chi connectivity index (χ4v) is 11.1. The molecule has 3 heterocycles. The number of esters is 2. The van der Waals surface area contributed by atoms with Gasteiger partial charge < -0.3 is 60.1 Å². The van der Waals surface area contributed by atoms with Crippen molar-refractivity contribution in [2.75, 3.05) is 44.6 Å². The molecular formula is C62H84BrClN6O16. The molecule has 472 valence electrons. The number of aryl methyl sites for hydroxylation is 1. The average molecular weight is 1280 g/mol. The van der Waals surface area contributed by atoms with Crippen molar-refractivity contribution in [2.24, 2.45) is 23.5 Å². The Morgan fingerprint density at radius 1 is 1.06 bits per heavy atom. The number of anilines is 1. The van der Waals surface area contributed by atoms with Crippen molar-refractivity contribution >= 4 is 86.6 Å². The van der Waals surface area contributed by atoms with Crippen LogP contribution in [-0.4, -0.2) is 156 Å². The van der Waals surface area contributed by atoms with Crippen LogP contribution in [0.4, 0.5) is 15.3 Å². The van der Waals surface area contributed by atoms with E-state index in [-0.39, 0.29) is 68.1 Å². The molecule has 0 aromatic heterocycles. The third-order valence-electron chi connectivity index (χ3n) is 16.2. The van der Waals surface area contributed by atoms with Crippen LogP contribution in [0.1, 0.15) is 126 Å². The maximum absolute atomic E-state index is 14.5. The van der Waals surface area contributed by atoms with Crippen molar-refractivity contribution in [1.29, 1.82) is 0 Å². The highest BCUT2D eigenvalue weighted by Gasteiger charge is 2.64. The number of Topliss-reactive ketones (excluding diaryl/α,β-unsaturated/α-hetero) is 2. The van der Waals surface area contributed by atoms with Crippen molar-refractivity contribution in [3.63, 3.8) is 0 Å². The maximum atomic E-state index is 14.5. The number of likely N-dealkylation sites (N-methyl/N-ethyl adjacent to an activating group) is 1. The van der Waals surface area contributed by atoms with Gasteiger partial charge in [0.1, 0.15) is 41.5 Å². The molecule has 24 heteroatoms. The van der Waals surface area contributed by atoms with Crippen molar-refractivity contribution in [1.82, 2.24) is 20.9 Å². The molecule has 0 saturated carbocycles. The number of allylic oxidation sites excluding steroid dienone is 3. The van der Waals surface area contributed by atoms with E-state index < -0.39 is 126 Å². The lowest BCUT2D eigenvalue weighted by Gasteiger charge is -2.42. The largest absolute Gasteiger partial charge is 0.508 e. The van der Waals surface area contributed by atoms with Crippen LogP contribution >= 0.6 is 27.5 Å². The number of nitrogens with one attached hydrogen (secondary N) is 3. The molecule has 6 amide bonds. The van der Waals surface area contributed by atoms with E-state index in [1.807, 2.05) is 26.0 Å². The van der Waals surface area contributed by atoms with E-state index in [1.165, 1.54) is 38.1 Å². The number of phenols is 1. The van der Waals surface area contributed by atoms with Crippen LogP contribution in [0.2, 0.25) is 5.02 Å². The molecule has 10 atom stereocenters. The van der Waals surface area contributed by atoms with Crippen LogP contribution in [0, 0.1) is 24.7 Å². The number of halogens is 2. The van der Waals surface area contributed by atoms with Gasteiger partial charge in [-0.1, -0.05) is 90.8 Å². The number of ether oxygens (including phenoxy) is 5. The van der Waals surface area contributed by atoms with E-state index in [0.29, 0.717) is 52.9 Å². The van der Waals surface area contributed by atoms with Crippen LogP contribution in [0.3, 0.4) is 0 Å². The van der Waals surface area contributed by atoms with E-state index in [4.69, 9.17) is 41.0 Å². The lowest BCUT2D eigenvalue weighted by molar-refractivity contribution is -0.158. The smallest absolute Gasteiger partial charge is 0.409 e. The van der Waals surface area contributed by atoms with E-state index in [1.54, 1.807) is 53.0 Å². The number of carbonyl (C=O) groups is 9. The number of alkyl halides is 1. The molecule has 86 heavy (non-hydrogen) atoms. The van der Waals surface area contributed by atoms with E-state index in [2.05, 4.69) is 38.5 Å². The van der Waals surface area contributed by atoms with Gasteiger partial charge in [0, 0.05) is 87.3 Å². The number of aliphatic hydroxyl groups is 1. The minimum absolute atomic E-state index is 0.0643. The number of unbranched alkanes of at least 4 members (excludes halogenated alkanes) is 2. The summed E-state index contributed by atoms with van der Waals surface area (Å²) in [4.78, 5) is 123. The monoisotopic (exact) mass is 1280 g/mol. The number of fused-ring (bicyclic) bond motifs is 5. The Labute approximate surface area is 516 Å². The van der Waals surface area contributed by atoms with Gasteiger partial charge in [-0.25, -0.2) is 19.2 Å². The van der Waals surface area contributed by atoms with Gasteiger partial charge >= 0.3 is 24.1 Å². The van der Waals surface area contributed by atoms with Gasteiger partial charge in [-0.15, -0.1) is 0 Å². The second-order valence-corrected chi connectivity index (χ2v) is 24.1. The summed E-state index contributed by atoms with van der Waals surface area (Å²) in [5, 5.41) is 31.6. The number of primary amides is 1. The number of rotatable bonds is 25. The number of methoxy groups -OCH3 is 1. The first-order chi connectivity index (χ1) is 40.4. The molecule has 0 radical (unpaired) electrons. The van der Waals surface area contributed by atoms with Crippen LogP contribution in [0.25, 0.3) is 0 Å². The Hall–Kier alpha value is -6.66. The van der Waals surface area contributed by atoms with E-state index >= 15 is 0 Å². The normalized spacial score (nSPS) is 24.2. The molecule has 7 N–H and O–H groups in total. The molecule has 3 aliphatic rings. The minimum atomic E-state index is -1.91. The van der Waals surface area contributed by atoms with Crippen LogP contribution in [0.5, 0.6) is 5.75 Å². The summed E-state index contributed by atoms with van der Waals surface area (Å²) < 4.78 is 29.1. The first-order valence-electron chi connectivity index (χ1n) is 28.8. The van der Waals surface area contributed by atoms with Gasteiger partial charge in [0.15, 0.2) is 11.5 Å². The summed E-state index contributed by atoms with van der Waals surface area (Å²) in [6.07, 6.45) is 1.87.